The summed E-state index contributed by atoms with van der Waals surface area (Å²) in [5, 5.41) is 27.7. The summed E-state index contributed by atoms with van der Waals surface area (Å²) in [5.74, 6) is -1.39. The SMILES string of the molecule is CN(C)c1ccc(N=Nc2ccc([N+](=O)[O-])c(C(=O)O)c2)cc1. The third kappa shape index (κ3) is 3.88. The molecule has 2 aromatic rings. The summed E-state index contributed by atoms with van der Waals surface area (Å²) in [4.78, 5) is 23.1. The lowest BCUT2D eigenvalue weighted by Crippen LogP contribution is -2.07. The van der Waals surface area contributed by atoms with E-state index in [2.05, 4.69) is 10.2 Å². The number of hydrogen-bond acceptors (Lipinski definition) is 6. The Hall–Kier alpha value is -3.29. The third-order valence-electron chi connectivity index (χ3n) is 3.05. The maximum absolute atomic E-state index is 11.1. The molecule has 0 aliphatic carbocycles. The quantitative estimate of drug-likeness (QED) is 0.513. The monoisotopic (exact) mass is 314 g/mol. The molecule has 0 spiro atoms. The summed E-state index contributed by atoms with van der Waals surface area (Å²) in [7, 11) is 3.83. The number of nitro groups is 1. The largest absolute Gasteiger partial charge is 0.477 e. The van der Waals surface area contributed by atoms with Gasteiger partial charge in [-0.1, -0.05) is 0 Å². The Bertz CT molecular complexity index is 770. The van der Waals surface area contributed by atoms with Crippen LogP contribution in [0.5, 0.6) is 0 Å². The van der Waals surface area contributed by atoms with Crippen molar-refractivity contribution in [3.8, 4) is 0 Å². The molecule has 2 aromatic carbocycles. The van der Waals surface area contributed by atoms with Crippen LogP contribution in [0.15, 0.2) is 52.7 Å². The first-order valence-corrected chi connectivity index (χ1v) is 6.59. The minimum absolute atomic E-state index is 0.227. The number of rotatable bonds is 5. The van der Waals surface area contributed by atoms with Gasteiger partial charge in [0.15, 0.2) is 0 Å². The van der Waals surface area contributed by atoms with E-state index in [1.165, 1.54) is 6.07 Å². The first-order valence-electron chi connectivity index (χ1n) is 6.59. The topological polar surface area (TPSA) is 108 Å². The molecule has 0 unspecified atom stereocenters. The lowest BCUT2D eigenvalue weighted by Gasteiger charge is -2.11. The lowest BCUT2D eigenvalue weighted by molar-refractivity contribution is -0.385. The van der Waals surface area contributed by atoms with Crippen molar-refractivity contribution >= 4 is 28.7 Å². The van der Waals surface area contributed by atoms with E-state index in [4.69, 9.17) is 5.11 Å². The first-order chi connectivity index (χ1) is 10.9. The normalized spacial score (nSPS) is 10.7. The Morgan fingerprint density at radius 3 is 2.17 bits per heavy atom. The highest BCUT2D eigenvalue weighted by molar-refractivity contribution is 5.93. The second kappa shape index (κ2) is 6.65. The fraction of sp³-hybridized carbons (Fsp3) is 0.133. The van der Waals surface area contributed by atoms with E-state index in [0.717, 1.165) is 17.8 Å². The summed E-state index contributed by atoms with van der Waals surface area (Å²) in [6.45, 7) is 0. The molecular formula is C15H14N4O4. The van der Waals surface area contributed by atoms with Crippen LogP contribution >= 0.6 is 0 Å². The van der Waals surface area contributed by atoms with E-state index >= 15 is 0 Å². The minimum atomic E-state index is -1.39. The van der Waals surface area contributed by atoms with Crippen molar-refractivity contribution in [2.24, 2.45) is 10.2 Å². The Morgan fingerprint density at radius 2 is 1.65 bits per heavy atom. The molecule has 0 saturated heterocycles. The average molecular weight is 314 g/mol. The van der Waals surface area contributed by atoms with Crippen LogP contribution < -0.4 is 4.90 Å². The van der Waals surface area contributed by atoms with Gasteiger partial charge in [-0.2, -0.15) is 10.2 Å². The van der Waals surface area contributed by atoms with E-state index in [0.29, 0.717) is 5.69 Å². The minimum Gasteiger partial charge on any atom is -0.477 e. The Kier molecular flexibility index (Phi) is 4.65. The predicted molar refractivity (Wildman–Crippen MR) is 85.0 cm³/mol. The maximum Gasteiger partial charge on any atom is 0.342 e. The van der Waals surface area contributed by atoms with E-state index in [1.54, 1.807) is 12.1 Å². The van der Waals surface area contributed by atoms with Gasteiger partial charge in [-0.05, 0) is 36.4 Å². The fourth-order valence-corrected chi connectivity index (χ4v) is 1.85. The molecule has 8 heteroatoms. The number of nitro benzene ring substituents is 1. The highest BCUT2D eigenvalue weighted by Gasteiger charge is 2.19. The molecule has 0 fully saturated rings. The molecule has 2 rings (SSSR count). The van der Waals surface area contributed by atoms with Gasteiger partial charge < -0.3 is 10.0 Å². The van der Waals surface area contributed by atoms with Gasteiger partial charge in [-0.25, -0.2) is 4.79 Å². The Balaban J connectivity index is 2.27. The van der Waals surface area contributed by atoms with E-state index < -0.39 is 22.1 Å². The van der Waals surface area contributed by atoms with Gasteiger partial charge in [0.1, 0.15) is 5.56 Å². The predicted octanol–water partition coefficient (Wildman–Crippen LogP) is 3.77. The summed E-state index contributed by atoms with van der Waals surface area (Å²) < 4.78 is 0. The summed E-state index contributed by atoms with van der Waals surface area (Å²) in [6.07, 6.45) is 0. The fourth-order valence-electron chi connectivity index (χ4n) is 1.85. The number of benzene rings is 2. The van der Waals surface area contributed by atoms with Crippen molar-refractivity contribution in [3.63, 3.8) is 0 Å². The molecule has 1 N–H and O–H groups in total. The smallest absolute Gasteiger partial charge is 0.342 e. The summed E-state index contributed by atoms with van der Waals surface area (Å²) >= 11 is 0. The molecule has 23 heavy (non-hydrogen) atoms. The standard InChI is InChI=1S/C15H14N4O4/c1-18(2)12-6-3-10(4-7-12)16-17-11-5-8-14(19(22)23)13(9-11)15(20)21/h3-9H,1-2H3,(H,20,21). The zero-order valence-corrected chi connectivity index (χ0v) is 12.5. The van der Waals surface area contributed by atoms with E-state index in [9.17, 15) is 14.9 Å². The van der Waals surface area contributed by atoms with Crippen LogP contribution in [0.2, 0.25) is 0 Å². The molecule has 0 heterocycles. The van der Waals surface area contributed by atoms with Gasteiger partial charge >= 0.3 is 5.97 Å². The highest BCUT2D eigenvalue weighted by Crippen LogP contribution is 2.26. The van der Waals surface area contributed by atoms with Gasteiger partial charge in [-0.15, -0.1) is 0 Å². The molecule has 8 nitrogen and oxygen atoms in total. The van der Waals surface area contributed by atoms with Gasteiger partial charge in [0, 0.05) is 25.8 Å². The van der Waals surface area contributed by atoms with Crippen LogP contribution in [-0.4, -0.2) is 30.1 Å². The van der Waals surface area contributed by atoms with Crippen LogP contribution in [0.4, 0.5) is 22.7 Å². The Labute approximate surface area is 131 Å². The number of aromatic carboxylic acids is 1. The Morgan fingerprint density at radius 1 is 1.09 bits per heavy atom. The van der Waals surface area contributed by atoms with Crippen molar-refractivity contribution in [2.45, 2.75) is 0 Å². The number of carboxylic acid groups (broad SMARTS) is 1. The zero-order chi connectivity index (χ0) is 17.0. The molecule has 0 amide bonds. The van der Waals surface area contributed by atoms with Crippen molar-refractivity contribution in [1.82, 2.24) is 0 Å². The van der Waals surface area contributed by atoms with Crippen molar-refractivity contribution < 1.29 is 14.8 Å². The van der Waals surface area contributed by atoms with Gasteiger partial charge in [-0.3, -0.25) is 10.1 Å². The summed E-state index contributed by atoms with van der Waals surface area (Å²) in [5.41, 5.74) is 0.921. The number of azo groups is 1. The third-order valence-corrected chi connectivity index (χ3v) is 3.05. The second-order valence-electron chi connectivity index (χ2n) is 4.87. The molecule has 0 aliphatic heterocycles. The zero-order valence-electron chi connectivity index (χ0n) is 12.5. The number of carboxylic acids is 1. The number of anilines is 1. The molecule has 0 saturated carbocycles. The van der Waals surface area contributed by atoms with Crippen LogP contribution in [-0.2, 0) is 0 Å². The van der Waals surface area contributed by atoms with Crippen LogP contribution in [0.1, 0.15) is 10.4 Å². The molecule has 0 atom stereocenters. The number of hydrogen-bond donors (Lipinski definition) is 1. The molecule has 0 aromatic heterocycles. The average Bonchev–Trinajstić information content (AvgIpc) is 2.52. The summed E-state index contributed by atoms with van der Waals surface area (Å²) in [6, 6.07) is 10.8. The first kappa shape index (κ1) is 16.1. The second-order valence-corrected chi connectivity index (χ2v) is 4.87. The molecule has 0 bridgehead atoms. The van der Waals surface area contributed by atoms with Crippen LogP contribution in [0.25, 0.3) is 0 Å². The highest BCUT2D eigenvalue weighted by atomic mass is 16.6. The molecular weight excluding hydrogens is 300 g/mol. The van der Waals surface area contributed by atoms with E-state index in [-0.39, 0.29) is 5.69 Å². The van der Waals surface area contributed by atoms with Gasteiger partial charge in [0.25, 0.3) is 5.69 Å². The lowest BCUT2D eigenvalue weighted by atomic mass is 10.1. The van der Waals surface area contributed by atoms with Crippen LogP contribution in [0.3, 0.4) is 0 Å². The van der Waals surface area contributed by atoms with Crippen molar-refractivity contribution in [1.29, 1.82) is 0 Å². The molecule has 118 valence electrons. The van der Waals surface area contributed by atoms with Crippen molar-refractivity contribution in [2.75, 3.05) is 19.0 Å². The van der Waals surface area contributed by atoms with Gasteiger partial charge in [0.2, 0.25) is 0 Å². The molecule has 0 aliphatic rings. The van der Waals surface area contributed by atoms with Crippen molar-refractivity contribution in [3.05, 3.63) is 58.1 Å². The molecule has 0 radical (unpaired) electrons. The van der Waals surface area contributed by atoms with E-state index in [1.807, 2.05) is 31.1 Å². The number of carbonyl (C=O) groups is 1. The van der Waals surface area contributed by atoms with Gasteiger partial charge in [0.05, 0.1) is 16.3 Å². The maximum atomic E-state index is 11.1. The number of nitrogens with zero attached hydrogens (tertiary/aromatic N) is 4. The van der Waals surface area contributed by atoms with Crippen LogP contribution in [0, 0.1) is 10.1 Å².